The molecule has 2 saturated heterocycles. The van der Waals surface area contributed by atoms with E-state index in [1.165, 1.54) is 15.4 Å². The fourth-order valence-corrected chi connectivity index (χ4v) is 3.71. The van der Waals surface area contributed by atoms with Crippen LogP contribution in [0.2, 0.25) is 0 Å². The summed E-state index contributed by atoms with van der Waals surface area (Å²) in [6.07, 6.45) is 1.94. The second-order valence-corrected chi connectivity index (χ2v) is 7.58. The van der Waals surface area contributed by atoms with Crippen LogP contribution in [0.15, 0.2) is 24.3 Å². The summed E-state index contributed by atoms with van der Waals surface area (Å²) < 4.78 is 5.88. The standard InChI is InChI=1S/C21H29N3O4/c1-3-22-11-12-24(21(27)20(22)26)14-19(25)23-10-4-5-17(13-23)15-28-18-8-6-16(2)7-9-18/h6-9,17H,3-5,10-15H2,1-2H3/t17-/m1/s1. The topological polar surface area (TPSA) is 70.2 Å². The molecule has 0 saturated carbocycles. The molecule has 0 aliphatic carbocycles. The first kappa shape index (κ1) is 20.2. The van der Waals surface area contributed by atoms with E-state index in [4.69, 9.17) is 4.74 Å². The van der Waals surface area contributed by atoms with Gasteiger partial charge < -0.3 is 19.4 Å². The Bertz CT molecular complexity index is 719. The van der Waals surface area contributed by atoms with E-state index in [0.717, 1.165) is 18.6 Å². The Morgan fingerprint density at radius 2 is 1.75 bits per heavy atom. The first-order valence-electron chi connectivity index (χ1n) is 10.0. The largest absolute Gasteiger partial charge is 0.493 e. The SMILES string of the molecule is CCN1CCN(CC(=O)N2CCC[C@@H](COc3ccc(C)cc3)C2)C(=O)C1=O. The van der Waals surface area contributed by atoms with Gasteiger partial charge >= 0.3 is 11.8 Å². The van der Waals surface area contributed by atoms with E-state index < -0.39 is 11.8 Å². The molecule has 7 heteroatoms. The van der Waals surface area contributed by atoms with Gasteiger partial charge in [0.1, 0.15) is 12.3 Å². The highest BCUT2D eigenvalue weighted by molar-refractivity contribution is 6.35. The number of rotatable bonds is 6. The first-order chi connectivity index (χ1) is 13.5. The predicted octanol–water partition coefficient (Wildman–Crippen LogP) is 1.30. The van der Waals surface area contributed by atoms with Crippen LogP contribution in [0.5, 0.6) is 5.75 Å². The summed E-state index contributed by atoms with van der Waals surface area (Å²) >= 11 is 0. The van der Waals surface area contributed by atoms with Gasteiger partial charge in [-0.1, -0.05) is 17.7 Å². The quantitative estimate of drug-likeness (QED) is 0.690. The Morgan fingerprint density at radius 1 is 1.07 bits per heavy atom. The molecule has 2 heterocycles. The molecule has 1 aromatic rings. The number of carbonyl (C=O) groups excluding carboxylic acids is 3. The summed E-state index contributed by atoms with van der Waals surface area (Å²) in [6, 6.07) is 7.95. The number of piperazine rings is 1. The molecule has 1 aromatic carbocycles. The third kappa shape index (κ3) is 4.82. The van der Waals surface area contributed by atoms with E-state index in [0.29, 0.717) is 39.3 Å². The summed E-state index contributed by atoms with van der Waals surface area (Å²) in [7, 11) is 0. The molecule has 2 aliphatic heterocycles. The lowest BCUT2D eigenvalue weighted by molar-refractivity contribution is -0.157. The Balaban J connectivity index is 1.49. The van der Waals surface area contributed by atoms with Crippen LogP contribution in [0.1, 0.15) is 25.3 Å². The fraction of sp³-hybridized carbons (Fsp3) is 0.571. The maximum atomic E-state index is 12.7. The minimum absolute atomic E-state index is 0.0202. The number of likely N-dealkylation sites (N-methyl/N-ethyl adjacent to an activating group) is 1. The number of nitrogens with zero attached hydrogens (tertiary/aromatic N) is 3. The Hall–Kier alpha value is -2.57. The second-order valence-electron chi connectivity index (χ2n) is 7.58. The number of carbonyl (C=O) groups is 3. The van der Waals surface area contributed by atoms with Crippen molar-refractivity contribution in [1.82, 2.24) is 14.7 Å². The zero-order valence-electron chi connectivity index (χ0n) is 16.7. The maximum absolute atomic E-state index is 12.7. The van der Waals surface area contributed by atoms with Crippen LogP contribution in [0.3, 0.4) is 0 Å². The number of benzene rings is 1. The molecular weight excluding hydrogens is 358 g/mol. The van der Waals surface area contributed by atoms with Crippen molar-refractivity contribution in [3.05, 3.63) is 29.8 Å². The summed E-state index contributed by atoms with van der Waals surface area (Å²) in [5, 5.41) is 0. The minimum atomic E-state index is -0.572. The van der Waals surface area contributed by atoms with Crippen molar-refractivity contribution in [3.63, 3.8) is 0 Å². The highest BCUT2D eigenvalue weighted by Crippen LogP contribution is 2.20. The highest BCUT2D eigenvalue weighted by atomic mass is 16.5. The molecule has 0 bridgehead atoms. The molecule has 1 atom stereocenters. The van der Waals surface area contributed by atoms with E-state index in [9.17, 15) is 14.4 Å². The zero-order chi connectivity index (χ0) is 20.1. The molecule has 3 rings (SSSR count). The van der Waals surface area contributed by atoms with Crippen LogP contribution >= 0.6 is 0 Å². The van der Waals surface area contributed by atoms with Crippen molar-refractivity contribution < 1.29 is 19.1 Å². The number of likely N-dealkylation sites (tertiary alicyclic amines) is 1. The maximum Gasteiger partial charge on any atom is 0.312 e. The van der Waals surface area contributed by atoms with Gasteiger partial charge in [-0.25, -0.2) is 0 Å². The second kappa shape index (κ2) is 9.08. The average molecular weight is 387 g/mol. The Kier molecular flexibility index (Phi) is 6.54. The van der Waals surface area contributed by atoms with Gasteiger partial charge in [0.05, 0.1) is 6.61 Å². The molecule has 0 unspecified atom stereocenters. The van der Waals surface area contributed by atoms with Crippen molar-refractivity contribution in [2.75, 3.05) is 45.9 Å². The van der Waals surface area contributed by atoms with Crippen LogP contribution in [0.4, 0.5) is 0 Å². The number of amides is 3. The summed E-state index contributed by atoms with van der Waals surface area (Å²) in [4.78, 5) is 41.6. The summed E-state index contributed by atoms with van der Waals surface area (Å²) in [5.74, 6) is -0.0614. The first-order valence-corrected chi connectivity index (χ1v) is 10.0. The normalized spacial score (nSPS) is 20.5. The van der Waals surface area contributed by atoms with E-state index in [1.54, 1.807) is 4.90 Å². The lowest BCUT2D eigenvalue weighted by Crippen LogP contribution is -2.57. The monoisotopic (exact) mass is 387 g/mol. The molecule has 0 radical (unpaired) electrons. The van der Waals surface area contributed by atoms with Gasteiger partial charge in [0.25, 0.3) is 0 Å². The van der Waals surface area contributed by atoms with Crippen LogP contribution in [-0.4, -0.2) is 78.3 Å². The molecule has 152 valence electrons. The number of ether oxygens (including phenoxy) is 1. The molecule has 7 nitrogen and oxygen atoms in total. The Morgan fingerprint density at radius 3 is 2.46 bits per heavy atom. The Labute approximate surface area is 166 Å². The van der Waals surface area contributed by atoms with Crippen LogP contribution < -0.4 is 4.74 Å². The average Bonchev–Trinajstić information content (AvgIpc) is 2.71. The molecule has 2 fully saturated rings. The van der Waals surface area contributed by atoms with Gasteiger partial charge in [0.2, 0.25) is 5.91 Å². The smallest absolute Gasteiger partial charge is 0.312 e. The van der Waals surface area contributed by atoms with Gasteiger partial charge in [-0.3, -0.25) is 14.4 Å². The highest BCUT2D eigenvalue weighted by Gasteiger charge is 2.34. The minimum Gasteiger partial charge on any atom is -0.493 e. The summed E-state index contributed by atoms with van der Waals surface area (Å²) in [5.41, 5.74) is 1.19. The van der Waals surface area contributed by atoms with Crippen LogP contribution in [0, 0.1) is 12.8 Å². The molecule has 3 amide bonds. The number of hydrogen-bond donors (Lipinski definition) is 0. The van der Waals surface area contributed by atoms with Crippen LogP contribution in [-0.2, 0) is 14.4 Å². The third-order valence-corrected chi connectivity index (χ3v) is 5.48. The fourth-order valence-electron chi connectivity index (χ4n) is 3.71. The van der Waals surface area contributed by atoms with Crippen molar-refractivity contribution in [2.45, 2.75) is 26.7 Å². The van der Waals surface area contributed by atoms with E-state index in [2.05, 4.69) is 0 Å². The van der Waals surface area contributed by atoms with E-state index >= 15 is 0 Å². The molecular formula is C21H29N3O4. The summed E-state index contributed by atoms with van der Waals surface area (Å²) in [6.45, 7) is 7.17. The number of piperidine rings is 1. The van der Waals surface area contributed by atoms with Crippen LogP contribution in [0.25, 0.3) is 0 Å². The number of hydrogen-bond acceptors (Lipinski definition) is 4. The van der Waals surface area contributed by atoms with Gasteiger partial charge in [0.15, 0.2) is 0 Å². The number of aryl methyl sites for hydroxylation is 1. The van der Waals surface area contributed by atoms with E-state index in [1.807, 2.05) is 38.1 Å². The zero-order valence-corrected chi connectivity index (χ0v) is 16.7. The van der Waals surface area contributed by atoms with Gasteiger partial charge in [-0.05, 0) is 38.8 Å². The molecule has 0 aromatic heterocycles. The van der Waals surface area contributed by atoms with E-state index in [-0.39, 0.29) is 18.4 Å². The molecule has 2 aliphatic rings. The van der Waals surface area contributed by atoms with Crippen molar-refractivity contribution in [3.8, 4) is 5.75 Å². The molecule has 28 heavy (non-hydrogen) atoms. The van der Waals surface area contributed by atoms with Gasteiger partial charge in [-0.15, -0.1) is 0 Å². The molecule has 0 N–H and O–H groups in total. The van der Waals surface area contributed by atoms with Crippen molar-refractivity contribution >= 4 is 17.7 Å². The lowest BCUT2D eigenvalue weighted by Gasteiger charge is -2.36. The van der Waals surface area contributed by atoms with Gasteiger partial charge in [0, 0.05) is 38.6 Å². The van der Waals surface area contributed by atoms with Gasteiger partial charge in [-0.2, -0.15) is 0 Å². The lowest BCUT2D eigenvalue weighted by atomic mass is 9.99. The third-order valence-electron chi connectivity index (χ3n) is 5.48. The predicted molar refractivity (Wildman–Crippen MR) is 105 cm³/mol. The molecule has 0 spiro atoms. The van der Waals surface area contributed by atoms with Crippen molar-refractivity contribution in [1.29, 1.82) is 0 Å². The van der Waals surface area contributed by atoms with Crippen molar-refractivity contribution in [2.24, 2.45) is 5.92 Å².